The second kappa shape index (κ2) is 8.22. The average molecular weight is 371 g/mol. The number of carbonyl (C=O) groups is 1. The smallest absolute Gasteiger partial charge is 0.225 e. The van der Waals surface area contributed by atoms with Gasteiger partial charge in [-0.2, -0.15) is 0 Å². The molecule has 1 aliphatic heterocycles. The normalized spacial score (nSPS) is 17.6. The molecule has 4 heteroatoms. The van der Waals surface area contributed by atoms with Gasteiger partial charge in [0.1, 0.15) is 0 Å². The van der Waals surface area contributed by atoms with Gasteiger partial charge in [-0.1, -0.05) is 43.6 Å². The third-order valence-corrected chi connectivity index (χ3v) is 5.40. The van der Waals surface area contributed by atoms with Crippen molar-refractivity contribution >= 4 is 17.5 Å². The van der Waals surface area contributed by atoms with Crippen LogP contribution in [0.1, 0.15) is 55.1 Å². The van der Waals surface area contributed by atoms with E-state index < -0.39 is 0 Å². The fourth-order valence-corrected chi connectivity index (χ4v) is 3.93. The monoisotopic (exact) mass is 370 g/mol. The minimum absolute atomic E-state index is 0.0509. The molecule has 1 atom stereocenters. The summed E-state index contributed by atoms with van der Waals surface area (Å²) in [6, 6.07) is 12.3. The number of aryl methyl sites for hydroxylation is 1. The molecule has 1 aromatic heterocycles. The largest absolute Gasteiger partial charge is 0.342 e. The number of halogens is 1. The van der Waals surface area contributed by atoms with Gasteiger partial charge >= 0.3 is 0 Å². The van der Waals surface area contributed by atoms with Crippen LogP contribution < -0.4 is 0 Å². The van der Waals surface area contributed by atoms with Crippen LogP contribution in [0.3, 0.4) is 0 Å². The SMILES string of the molecule is Cc1cc(Cc2ccccc2Cl)cc(C2CCCN(C(=O)C(C)C)C2)n1. The molecule has 0 saturated carbocycles. The molecule has 2 heterocycles. The van der Waals surface area contributed by atoms with Gasteiger partial charge < -0.3 is 4.90 Å². The first kappa shape index (κ1) is 18.9. The highest BCUT2D eigenvalue weighted by molar-refractivity contribution is 6.31. The van der Waals surface area contributed by atoms with Gasteiger partial charge in [-0.05, 0) is 55.5 Å². The fourth-order valence-electron chi connectivity index (χ4n) is 3.72. The lowest BCUT2D eigenvalue weighted by atomic mass is 9.91. The Bertz CT molecular complexity index is 787. The Balaban J connectivity index is 1.81. The van der Waals surface area contributed by atoms with Crippen LogP contribution in [0, 0.1) is 12.8 Å². The second-order valence-electron chi connectivity index (χ2n) is 7.59. The predicted octanol–water partition coefficient (Wildman–Crippen LogP) is 5.00. The first-order chi connectivity index (χ1) is 12.4. The average Bonchev–Trinajstić information content (AvgIpc) is 2.62. The third-order valence-electron chi connectivity index (χ3n) is 5.03. The zero-order chi connectivity index (χ0) is 18.7. The van der Waals surface area contributed by atoms with Gasteiger partial charge in [-0.25, -0.2) is 0 Å². The second-order valence-corrected chi connectivity index (χ2v) is 8.00. The van der Waals surface area contributed by atoms with E-state index >= 15 is 0 Å². The maximum absolute atomic E-state index is 12.4. The van der Waals surface area contributed by atoms with Crippen molar-refractivity contribution in [1.29, 1.82) is 0 Å². The van der Waals surface area contributed by atoms with E-state index in [4.69, 9.17) is 16.6 Å². The van der Waals surface area contributed by atoms with Crippen LogP contribution in [0.4, 0.5) is 0 Å². The number of amides is 1. The third kappa shape index (κ3) is 4.45. The molecule has 138 valence electrons. The van der Waals surface area contributed by atoms with Crippen molar-refractivity contribution in [1.82, 2.24) is 9.88 Å². The molecule has 0 bridgehead atoms. The summed E-state index contributed by atoms with van der Waals surface area (Å²) in [5.41, 5.74) is 4.49. The molecular weight excluding hydrogens is 344 g/mol. The highest BCUT2D eigenvalue weighted by Crippen LogP contribution is 2.28. The Morgan fingerprint density at radius 3 is 2.81 bits per heavy atom. The summed E-state index contributed by atoms with van der Waals surface area (Å²) in [7, 11) is 0. The molecule has 0 N–H and O–H groups in total. The Hall–Kier alpha value is -1.87. The summed E-state index contributed by atoms with van der Waals surface area (Å²) in [6.07, 6.45) is 2.93. The molecule has 1 fully saturated rings. The van der Waals surface area contributed by atoms with Crippen molar-refractivity contribution in [3.8, 4) is 0 Å². The fraction of sp³-hybridized carbons (Fsp3) is 0.455. The van der Waals surface area contributed by atoms with E-state index in [0.717, 1.165) is 54.3 Å². The zero-order valence-electron chi connectivity index (χ0n) is 15.8. The van der Waals surface area contributed by atoms with E-state index in [1.165, 1.54) is 5.56 Å². The molecule has 0 spiro atoms. The molecule has 26 heavy (non-hydrogen) atoms. The van der Waals surface area contributed by atoms with Gasteiger partial charge in [0.2, 0.25) is 5.91 Å². The van der Waals surface area contributed by atoms with Crippen LogP contribution in [0.5, 0.6) is 0 Å². The highest BCUT2D eigenvalue weighted by atomic mass is 35.5. The van der Waals surface area contributed by atoms with E-state index in [1.807, 2.05) is 43.9 Å². The van der Waals surface area contributed by atoms with E-state index in [-0.39, 0.29) is 11.8 Å². The Kier molecular flexibility index (Phi) is 5.98. The number of likely N-dealkylation sites (tertiary alicyclic amines) is 1. The van der Waals surface area contributed by atoms with Crippen LogP contribution >= 0.6 is 11.6 Å². The van der Waals surface area contributed by atoms with Crippen LogP contribution in [0.25, 0.3) is 0 Å². The van der Waals surface area contributed by atoms with Crippen molar-refractivity contribution in [2.75, 3.05) is 13.1 Å². The minimum atomic E-state index is 0.0509. The molecular formula is C22H27ClN2O. The lowest BCUT2D eigenvalue weighted by molar-refractivity contribution is -0.135. The molecule has 0 aliphatic carbocycles. The lowest BCUT2D eigenvalue weighted by Gasteiger charge is -2.34. The number of hydrogen-bond donors (Lipinski definition) is 0. The van der Waals surface area contributed by atoms with E-state index in [2.05, 4.69) is 18.2 Å². The number of pyridine rings is 1. The Labute approximate surface area is 161 Å². The topological polar surface area (TPSA) is 33.2 Å². The molecule has 3 rings (SSSR count). The van der Waals surface area contributed by atoms with Crippen molar-refractivity contribution in [3.05, 3.63) is 63.9 Å². The number of aromatic nitrogens is 1. The summed E-state index contributed by atoms with van der Waals surface area (Å²) >= 11 is 6.33. The van der Waals surface area contributed by atoms with Crippen LogP contribution in [-0.2, 0) is 11.2 Å². The maximum Gasteiger partial charge on any atom is 0.225 e. The van der Waals surface area contributed by atoms with Crippen molar-refractivity contribution < 1.29 is 4.79 Å². The van der Waals surface area contributed by atoms with Gasteiger partial charge in [0.25, 0.3) is 0 Å². The summed E-state index contributed by atoms with van der Waals surface area (Å²) in [6.45, 7) is 7.63. The van der Waals surface area contributed by atoms with E-state index in [9.17, 15) is 4.79 Å². The van der Waals surface area contributed by atoms with Gasteiger partial charge in [0.05, 0.1) is 0 Å². The molecule has 2 aromatic rings. The number of hydrogen-bond acceptors (Lipinski definition) is 2. The van der Waals surface area contributed by atoms with E-state index in [0.29, 0.717) is 5.92 Å². The van der Waals surface area contributed by atoms with Crippen molar-refractivity contribution in [3.63, 3.8) is 0 Å². The van der Waals surface area contributed by atoms with Gasteiger partial charge in [0.15, 0.2) is 0 Å². The molecule has 1 saturated heterocycles. The molecule has 1 unspecified atom stereocenters. The minimum Gasteiger partial charge on any atom is -0.342 e. The molecule has 1 aromatic carbocycles. The molecule has 1 aliphatic rings. The first-order valence-electron chi connectivity index (χ1n) is 9.43. The van der Waals surface area contributed by atoms with Crippen molar-refractivity contribution in [2.45, 2.75) is 46.0 Å². The number of nitrogens with zero attached hydrogens (tertiary/aromatic N) is 2. The quantitative estimate of drug-likeness (QED) is 0.759. The van der Waals surface area contributed by atoms with Gasteiger partial charge in [0, 0.05) is 41.3 Å². The van der Waals surface area contributed by atoms with E-state index in [1.54, 1.807) is 0 Å². The first-order valence-corrected chi connectivity index (χ1v) is 9.81. The summed E-state index contributed by atoms with van der Waals surface area (Å²) in [5.74, 6) is 0.616. The van der Waals surface area contributed by atoms with Gasteiger partial charge in [-0.15, -0.1) is 0 Å². The zero-order valence-corrected chi connectivity index (χ0v) is 16.6. The molecule has 1 amide bonds. The number of carbonyl (C=O) groups excluding carboxylic acids is 1. The number of piperidine rings is 1. The Morgan fingerprint density at radius 1 is 1.31 bits per heavy atom. The summed E-state index contributed by atoms with van der Waals surface area (Å²) in [4.78, 5) is 19.2. The lowest BCUT2D eigenvalue weighted by Crippen LogP contribution is -2.41. The predicted molar refractivity (Wildman–Crippen MR) is 107 cm³/mol. The number of rotatable bonds is 4. The Morgan fingerprint density at radius 2 is 2.08 bits per heavy atom. The highest BCUT2D eigenvalue weighted by Gasteiger charge is 2.27. The molecule has 3 nitrogen and oxygen atoms in total. The van der Waals surface area contributed by atoms with Gasteiger partial charge in [-0.3, -0.25) is 9.78 Å². The maximum atomic E-state index is 12.4. The standard InChI is InChI=1S/C22H27ClN2O/c1-15(2)22(26)25-10-6-8-19(14-25)21-13-17(11-16(3)24-21)12-18-7-4-5-9-20(18)23/h4-5,7,9,11,13,15,19H,6,8,10,12,14H2,1-3H3. The van der Waals surface area contributed by atoms with Crippen LogP contribution in [0.2, 0.25) is 5.02 Å². The van der Waals surface area contributed by atoms with Crippen molar-refractivity contribution in [2.24, 2.45) is 5.92 Å². The number of benzene rings is 1. The molecule has 0 radical (unpaired) electrons. The van der Waals surface area contributed by atoms with Crippen LogP contribution in [0.15, 0.2) is 36.4 Å². The summed E-state index contributed by atoms with van der Waals surface area (Å²) < 4.78 is 0. The van der Waals surface area contributed by atoms with Crippen LogP contribution in [-0.4, -0.2) is 28.9 Å². The summed E-state index contributed by atoms with van der Waals surface area (Å²) in [5, 5.41) is 0.801.